The highest BCUT2D eigenvalue weighted by Crippen LogP contribution is 2.37. The quantitative estimate of drug-likeness (QED) is 0.716. The number of hydrogen-bond donors (Lipinski definition) is 3. The fraction of sp³-hybridized carbons (Fsp3) is 0.500. The Morgan fingerprint density at radius 2 is 2.11 bits per heavy atom. The predicted octanol–water partition coefficient (Wildman–Crippen LogP) is 2.96. The molecule has 0 unspecified atom stereocenters. The Morgan fingerprint density at radius 1 is 1.44 bits per heavy atom. The van der Waals surface area contributed by atoms with Crippen molar-refractivity contribution in [2.75, 3.05) is 17.6 Å². The van der Waals surface area contributed by atoms with Gasteiger partial charge < -0.3 is 16.2 Å². The zero-order valence-corrected chi connectivity index (χ0v) is 10.7. The van der Waals surface area contributed by atoms with Crippen LogP contribution in [0.4, 0.5) is 11.4 Å². The number of nitrogens with one attached hydrogen (secondary N) is 1. The van der Waals surface area contributed by atoms with E-state index in [4.69, 9.17) is 10.8 Å². The fourth-order valence-corrected chi connectivity index (χ4v) is 2.56. The third kappa shape index (κ3) is 2.75. The van der Waals surface area contributed by atoms with E-state index in [2.05, 4.69) is 12.2 Å². The van der Waals surface area contributed by atoms with Crippen LogP contribution in [0.5, 0.6) is 0 Å². The molecule has 0 radical (unpaired) electrons. The van der Waals surface area contributed by atoms with Crippen LogP contribution in [0.1, 0.15) is 43.0 Å². The van der Waals surface area contributed by atoms with Crippen LogP contribution in [-0.4, -0.2) is 17.6 Å². The maximum atomic E-state index is 10.9. The van der Waals surface area contributed by atoms with Gasteiger partial charge in [-0.2, -0.15) is 0 Å². The van der Waals surface area contributed by atoms with E-state index in [9.17, 15) is 4.79 Å². The molecule has 4 nitrogen and oxygen atoms in total. The number of carboxylic acid groups (broad SMARTS) is 1. The van der Waals surface area contributed by atoms with E-state index < -0.39 is 5.97 Å². The summed E-state index contributed by atoms with van der Waals surface area (Å²) in [5.41, 5.74) is 7.76. The molecule has 98 valence electrons. The molecule has 0 atom stereocenters. The summed E-state index contributed by atoms with van der Waals surface area (Å²) in [5.74, 6) is -0.926. The summed E-state index contributed by atoms with van der Waals surface area (Å²) >= 11 is 0. The van der Waals surface area contributed by atoms with E-state index in [0.29, 0.717) is 11.1 Å². The van der Waals surface area contributed by atoms with Gasteiger partial charge in [-0.25, -0.2) is 4.79 Å². The number of carboxylic acids is 1. The van der Waals surface area contributed by atoms with E-state index in [-0.39, 0.29) is 5.56 Å². The normalized spacial score (nSPS) is 17.6. The second-order valence-corrected chi connectivity index (χ2v) is 5.48. The molecule has 18 heavy (non-hydrogen) atoms. The van der Waals surface area contributed by atoms with Crippen molar-refractivity contribution in [1.82, 2.24) is 0 Å². The monoisotopic (exact) mass is 248 g/mol. The topological polar surface area (TPSA) is 75.3 Å². The lowest BCUT2D eigenvalue weighted by molar-refractivity contribution is 0.0697. The molecule has 1 aliphatic carbocycles. The van der Waals surface area contributed by atoms with Crippen LogP contribution in [-0.2, 0) is 0 Å². The first-order chi connectivity index (χ1) is 8.50. The van der Waals surface area contributed by atoms with E-state index in [1.165, 1.54) is 31.7 Å². The summed E-state index contributed by atoms with van der Waals surface area (Å²) in [5, 5.41) is 12.3. The lowest BCUT2D eigenvalue weighted by Gasteiger charge is -2.25. The Morgan fingerprint density at radius 3 is 2.72 bits per heavy atom. The number of aromatic carboxylic acids is 1. The van der Waals surface area contributed by atoms with Crippen LogP contribution in [0.3, 0.4) is 0 Å². The van der Waals surface area contributed by atoms with Gasteiger partial charge in [0, 0.05) is 6.54 Å². The molecule has 1 aliphatic rings. The minimum Gasteiger partial charge on any atom is -0.478 e. The molecule has 0 heterocycles. The van der Waals surface area contributed by atoms with E-state index in [1.54, 1.807) is 12.1 Å². The van der Waals surface area contributed by atoms with Gasteiger partial charge in [0.15, 0.2) is 0 Å². The molecular weight excluding hydrogens is 228 g/mol. The third-order valence-corrected chi connectivity index (χ3v) is 3.82. The third-order valence-electron chi connectivity index (χ3n) is 3.82. The number of carbonyl (C=O) groups is 1. The SMILES string of the molecule is CC1(CNc2cc(C(=O)O)ccc2N)CCCC1. The minimum absolute atomic E-state index is 0.267. The van der Waals surface area contributed by atoms with Crippen LogP contribution < -0.4 is 11.1 Å². The highest BCUT2D eigenvalue weighted by Gasteiger charge is 2.28. The van der Waals surface area contributed by atoms with Crippen molar-refractivity contribution in [1.29, 1.82) is 0 Å². The summed E-state index contributed by atoms with van der Waals surface area (Å²) in [4.78, 5) is 10.9. The van der Waals surface area contributed by atoms with Crippen molar-refractivity contribution in [3.8, 4) is 0 Å². The van der Waals surface area contributed by atoms with E-state index >= 15 is 0 Å². The van der Waals surface area contributed by atoms with E-state index in [0.717, 1.165) is 12.2 Å². The minimum atomic E-state index is -0.926. The molecule has 1 aromatic rings. The molecule has 0 saturated heterocycles. The number of nitrogen functional groups attached to an aromatic ring is 1. The number of benzene rings is 1. The summed E-state index contributed by atoms with van der Waals surface area (Å²) in [7, 11) is 0. The zero-order chi connectivity index (χ0) is 13.2. The summed E-state index contributed by atoms with van der Waals surface area (Å²) in [6, 6.07) is 4.78. The average molecular weight is 248 g/mol. The zero-order valence-electron chi connectivity index (χ0n) is 10.7. The first kappa shape index (κ1) is 12.7. The molecule has 0 bridgehead atoms. The Labute approximate surface area is 107 Å². The van der Waals surface area contributed by atoms with Gasteiger partial charge in [-0.05, 0) is 36.5 Å². The molecule has 1 fully saturated rings. The second-order valence-electron chi connectivity index (χ2n) is 5.48. The van der Waals surface area contributed by atoms with Crippen molar-refractivity contribution >= 4 is 17.3 Å². The predicted molar refractivity (Wildman–Crippen MR) is 72.9 cm³/mol. The lowest BCUT2D eigenvalue weighted by atomic mass is 9.89. The summed E-state index contributed by atoms with van der Waals surface area (Å²) in [6.45, 7) is 3.12. The Bertz CT molecular complexity index is 451. The standard InChI is InChI=1S/C14H20N2O2/c1-14(6-2-3-7-14)9-16-12-8-10(13(17)18)4-5-11(12)15/h4-5,8,16H,2-3,6-7,9,15H2,1H3,(H,17,18). The number of nitrogens with two attached hydrogens (primary N) is 1. The second kappa shape index (κ2) is 4.88. The highest BCUT2D eigenvalue weighted by atomic mass is 16.4. The molecule has 4 N–H and O–H groups in total. The Hall–Kier alpha value is -1.71. The van der Waals surface area contributed by atoms with Crippen molar-refractivity contribution < 1.29 is 9.90 Å². The number of rotatable bonds is 4. The van der Waals surface area contributed by atoms with Crippen molar-refractivity contribution in [2.45, 2.75) is 32.6 Å². The van der Waals surface area contributed by atoms with Gasteiger partial charge in [0.2, 0.25) is 0 Å². The number of hydrogen-bond acceptors (Lipinski definition) is 3. The highest BCUT2D eigenvalue weighted by molar-refractivity contribution is 5.90. The van der Waals surface area contributed by atoms with Crippen LogP contribution in [0.25, 0.3) is 0 Å². The molecule has 1 saturated carbocycles. The van der Waals surface area contributed by atoms with Crippen LogP contribution in [0.15, 0.2) is 18.2 Å². The van der Waals surface area contributed by atoms with Gasteiger partial charge in [0.25, 0.3) is 0 Å². The first-order valence-electron chi connectivity index (χ1n) is 6.37. The molecular formula is C14H20N2O2. The summed E-state index contributed by atoms with van der Waals surface area (Å²) < 4.78 is 0. The van der Waals surface area contributed by atoms with E-state index in [1.807, 2.05) is 0 Å². The maximum Gasteiger partial charge on any atom is 0.335 e. The van der Waals surface area contributed by atoms with Crippen LogP contribution in [0, 0.1) is 5.41 Å². The van der Waals surface area contributed by atoms with Crippen LogP contribution >= 0.6 is 0 Å². The maximum absolute atomic E-state index is 10.9. The Balaban J connectivity index is 2.08. The average Bonchev–Trinajstić information content (AvgIpc) is 2.75. The first-order valence-corrected chi connectivity index (χ1v) is 6.37. The Kier molecular flexibility index (Phi) is 3.45. The molecule has 0 amide bonds. The van der Waals surface area contributed by atoms with Gasteiger partial charge in [-0.3, -0.25) is 0 Å². The lowest BCUT2D eigenvalue weighted by Crippen LogP contribution is -2.23. The van der Waals surface area contributed by atoms with Gasteiger partial charge in [0.05, 0.1) is 16.9 Å². The molecule has 0 spiro atoms. The van der Waals surface area contributed by atoms with Gasteiger partial charge in [0.1, 0.15) is 0 Å². The van der Waals surface area contributed by atoms with Crippen molar-refractivity contribution in [3.63, 3.8) is 0 Å². The number of anilines is 2. The molecule has 4 heteroatoms. The van der Waals surface area contributed by atoms with Gasteiger partial charge in [-0.1, -0.05) is 19.8 Å². The summed E-state index contributed by atoms with van der Waals surface area (Å²) in [6.07, 6.45) is 5.00. The smallest absolute Gasteiger partial charge is 0.335 e. The van der Waals surface area contributed by atoms with Crippen LogP contribution in [0.2, 0.25) is 0 Å². The fourth-order valence-electron chi connectivity index (χ4n) is 2.56. The molecule has 0 aliphatic heterocycles. The van der Waals surface area contributed by atoms with Crippen molar-refractivity contribution in [2.24, 2.45) is 5.41 Å². The largest absolute Gasteiger partial charge is 0.478 e. The van der Waals surface area contributed by atoms with Gasteiger partial charge >= 0.3 is 5.97 Å². The van der Waals surface area contributed by atoms with Crippen molar-refractivity contribution in [3.05, 3.63) is 23.8 Å². The molecule has 2 rings (SSSR count). The molecule has 0 aromatic heterocycles. The molecule has 1 aromatic carbocycles. The van der Waals surface area contributed by atoms with Gasteiger partial charge in [-0.15, -0.1) is 0 Å².